The summed E-state index contributed by atoms with van der Waals surface area (Å²) >= 11 is 0. The Labute approximate surface area is 162 Å². The minimum absolute atomic E-state index is 0. The highest BCUT2D eigenvalue weighted by Crippen LogP contribution is 2.22. The van der Waals surface area contributed by atoms with Crippen LogP contribution in [0.1, 0.15) is 61.3 Å². The van der Waals surface area contributed by atoms with Gasteiger partial charge in [0.25, 0.3) is 5.91 Å². The first-order valence-corrected chi connectivity index (χ1v) is 9.17. The van der Waals surface area contributed by atoms with Crippen LogP contribution in [0.15, 0.2) is 36.5 Å². The molecule has 26 heavy (non-hydrogen) atoms. The molecule has 0 aliphatic carbocycles. The number of aromatic nitrogens is 2. The molecule has 2 heterocycles. The van der Waals surface area contributed by atoms with E-state index in [-0.39, 0.29) is 18.3 Å². The van der Waals surface area contributed by atoms with E-state index in [9.17, 15) is 4.79 Å². The fraction of sp³-hybridized carbons (Fsp3) is 0.500. The topological polar surface area (TPSA) is 59.0 Å². The van der Waals surface area contributed by atoms with Crippen molar-refractivity contribution < 1.29 is 4.79 Å². The van der Waals surface area contributed by atoms with E-state index in [1.54, 1.807) is 6.07 Å². The smallest absolute Gasteiger partial charge is 0.272 e. The third kappa shape index (κ3) is 4.65. The van der Waals surface area contributed by atoms with Gasteiger partial charge in [-0.3, -0.25) is 9.48 Å². The lowest BCUT2D eigenvalue weighted by atomic mass is 9.93. The summed E-state index contributed by atoms with van der Waals surface area (Å²) in [6, 6.07) is 10.6. The molecule has 0 saturated carbocycles. The summed E-state index contributed by atoms with van der Waals surface area (Å²) < 4.78 is 1.92. The molecule has 1 atom stereocenters. The number of carbonyl (C=O) groups is 1. The second kappa shape index (κ2) is 8.69. The quantitative estimate of drug-likeness (QED) is 0.840. The van der Waals surface area contributed by atoms with Gasteiger partial charge in [0.15, 0.2) is 0 Å². The highest BCUT2D eigenvalue weighted by molar-refractivity contribution is 5.92. The molecule has 1 fully saturated rings. The first-order valence-electron chi connectivity index (χ1n) is 9.17. The van der Waals surface area contributed by atoms with Gasteiger partial charge in [-0.05, 0) is 56.8 Å². The molecule has 2 aromatic rings. The largest absolute Gasteiger partial charge is 0.342 e. The van der Waals surface area contributed by atoms with Crippen molar-refractivity contribution >= 4 is 18.3 Å². The first-order chi connectivity index (χ1) is 12.0. The summed E-state index contributed by atoms with van der Waals surface area (Å²) in [7, 11) is 0. The lowest BCUT2D eigenvalue weighted by Crippen LogP contribution is -2.41. The van der Waals surface area contributed by atoms with Crippen molar-refractivity contribution in [1.82, 2.24) is 20.4 Å². The fourth-order valence-corrected chi connectivity index (χ4v) is 3.30. The molecule has 1 aliphatic heterocycles. The van der Waals surface area contributed by atoms with E-state index >= 15 is 0 Å². The first kappa shape index (κ1) is 20.5. The Morgan fingerprint density at radius 2 is 2.04 bits per heavy atom. The van der Waals surface area contributed by atoms with Crippen LogP contribution in [0.4, 0.5) is 0 Å². The van der Waals surface area contributed by atoms with Gasteiger partial charge in [-0.2, -0.15) is 5.10 Å². The van der Waals surface area contributed by atoms with Crippen LogP contribution >= 0.6 is 12.4 Å². The lowest BCUT2D eigenvalue weighted by Gasteiger charge is -2.27. The predicted octanol–water partition coefficient (Wildman–Crippen LogP) is 3.46. The van der Waals surface area contributed by atoms with Crippen molar-refractivity contribution in [2.75, 3.05) is 13.1 Å². The molecule has 3 rings (SSSR count). The zero-order valence-corrected chi connectivity index (χ0v) is 16.6. The minimum atomic E-state index is -0.445. The van der Waals surface area contributed by atoms with Gasteiger partial charge in [0, 0.05) is 12.7 Å². The number of halogens is 1. The number of amides is 1. The molecule has 0 spiro atoms. The van der Waals surface area contributed by atoms with Gasteiger partial charge in [0.05, 0.1) is 11.6 Å². The normalized spacial score (nSPS) is 17.4. The number of carbonyl (C=O) groups excluding carboxylic acids is 1. The molecule has 2 N–H and O–H groups in total. The van der Waals surface area contributed by atoms with E-state index < -0.39 is 5.54 Å². The summed E-state index contributed by atoms with van der Waals surface area (Å²) in [4.78, 5) is 12.7. The zero-order chi connectivity index (χ0) is 17.9. The molecule has 6 heteroatoms. The monoisotopic (exact) mass is 376 g/mol. The van der Waals surface area contributed by atoms with Crippen molar-refractivity contribution in [3.63, 3.8) is 0 Å². The van der Waals surface area contributed by atoms with Crippen LogP contribution in [0.5, 0.6) is 0 Å². The molecule has 0 radical (unpaired) electrons. The second-order valence-corrected chi connectivity index (χ2v) is 7.31. The van der Waals surface area contributed by atoms with E-state index in [0.29, 0.717) is 11.7 Å². The molecule has 1 saturated heterocycles. The van der Waals surface area contributed by atoms with Gasteiger partial charge in [-0.15, -0.1) is 12.4 Å². The Kier molecular flexibility index (Phi) is 6.84. The van der Waals surface area contributed by atoms with Crippen LogP contribution < -0.4 is 10.6 Å². The highest BCUT2D eigenvalue weighted by Gasteiger charge is 2.25. The SMILES string of the molecule is CCc1ccc(C(C)(C)NC(=O)c2ccn(C3CCCNC3)n2)cc1.Cl. The maximum absolute atomic E-state index is 12.7. The Morgan fingerprint density at radius 3 is 2.65 bits per heavy atom. The Hall–Kier alpha value is -1.85. The van der Waals surface area contributed by atoms with Crippen LogP contribution in [0, 0.1) is 0 Å². The molecule has 1 unspecified atom stereocenters. The van der Waals surface area contributed by atoms with Crippen LogP contribution in [0.2, 0.25) is 0 Å². The number of piperidine rings is 1. The summed E-state index contributed by atoms with van der Waals surface area (Å²) in [5.41, 5.74) is 2.42. The van der Waals surface area contributed by atoms with E-state index in [4.69, 9.17) is 0 Å². The minimum Gasteiger partial charge on any atom is -0.342 e. The van der Waals surface area contributed by atoms with E-state index in [0.717, 1.165) is 37.9 Å². The van der Waals surface area contributed by atoms with Crippen molar-refractivity contribution in [3.8, 4) is 0 Å². The maximum Gasteiger partial charge on any atom is 0.272 e. The molecular formula is C20H29ClN4O. The molecule has 1 amide bonds. The highest BCUT2D eigenvalue weighted by atomic mass is 35.5. The summed E-state index contributed by atoms with van der Waals surface area (Å²) in [6.07, 6.45) is 5.17. The number of nitrogens with one attached hydrogen (secondary N) is 2. The van der Waals surface area contributed by atoms with Crippen LogP contribution in [-0.2, 0) is 12.0 Å². The van der Waals surface area contributed by atoms with Crippen molar-refractivity contribution in [2.24, 2.45) is 0 Å². The van der Waals surface area contributed by atoms with Crippen LogP contribution in [-0.4, -0.2) is 28.8 Å². The summed E-state index contributed by atoms with van der Waals surface area (Å²) in [5, 5.41) is 11.0. The average molecular weight is 377 g/mol. The lowest BCUT2D eigenvalue weighted by molar-refractivity contribution is 0.0905. The molecule has 1 aromatic heterocycles. The van der Waals surface area contributed by atoms with Crippen LogP contribution in [0.25, 0.3) is 0 Å². The van der Waals surface area contributed by atoms with Crippen molar-refractivity contribution in [2.45, 2.75) is 51.6 Å². The Morgan fingerprint density at radius 1 is 1.31 bits per heavy atom. The van der Waals surface area contributed by atoms with Gasteiger partial charge >= 0.3 is 0 Å². The Bertz CT molecular complexity index is 718. The Balaban J connectivity index is 0.00000243. The number of benzene rings is 1. The molecule has 142 valence electrons. The van der Waals surface area contributed by atoms with Gasteiger partial charge in [-0.1, -0.05) is 31.2 Å². The third-order valence-electron chi connectivity index (χ3n) is 5.00. The molecular weight excluding hydrogens is 348 g/mol. The number of hydrogen-bond donors (Lipinski definition) is 2. The summed E-state index contributed by atoms with van der Waals surface area (Å²) in [6.45, 7) is 8.16. The fourth-order valence-electron chi connectivity index (χ4n) is 3.30. The van der Waals surface area contributed by atoms with Gasteiger partial charge in [-0.25, -0.2) is 0 Å². The van der Waals surface area contributed by atoms with Crippen molar-refractivity contribution in [1.29, 1.82) is 0 Å². The number of aryl methyl sites for hydroxylation is 1. The average Bonchev–Trinajstić information content (AvgIpc) is 3.12. The van der Waals surface area contributed by atoms with Crippen LogP contribution in [0.3, 0.4) is 0 Å². The molecule has 0 bridgehead atoms. The zero-order valence-electron chi connectivity index (χ0n) is 15.8. The standard InChI is InChI=1S/C20H28N4O.ClH/c1-4-15-7-9-16(10-8-15)20(2,3)22-19(25)18-11-13-24(23-18)17-6-5-12-21-14-17;/h7-11,13,17,21H,4-6,12,14H2,1-3H3,(H,22,25);1H. The number of nitrogens with zero attached hydrogens (tertiary/aromatic N) is 2. The third-order valence-corrected chi connectivity index (χ3v) is 5.00. The van der Waals surface area contributed by atoms with Gasteiger partial charge in [0.2, 0.25) is 0 Å². The molecule has 1 aliphatic rings. The summed E-state index contributed by atoms with van der Waals surface area (Å²) in [5.74, 6) is -0.132. The van der Waals surface area contributed by atoms with Gasteiger partial charge < -0.3 is 10.6 Å². The van der Waals surface area contributed by atoms with E-state index in [1.807, 2.05) is 24.7 Å². The number of rotatable bonds is 5. The molecule has 1 aromatic carbocycles. The number of hydrogen-bond acceptors (Lipinski definition) is 3. The van der Waals surface area contributed by atoms with E-state index in [1.165, 1.54) is 5.56 Å². The van der Waals surface area contributed by atoms with Crippen molar-refractivity contribution in [3.05, 3.63) is 53.3 Å². The predicted molar refractivity (Wildman–Crippen MR) is 107 cm³/mol. The molecule has 5 nitrogen and oxygen atoms in total. The van der Waals surface area contributed by atoms with Gasteiger partial charge in [0.1, 0.15) is 5.69 Å². The second-order valence-electron chi connectivity index (χ2n) is 7.31. The van der Waals surface area contributed by atoms with E-state index in [2.05, 4.69) is 46.9 Å². The maximum atomic E-state index is 12.7.